The molecule has 0 aromatic carbocycles. The van der Waals surface area contributed by atoms with Crippen LogP contribution in [0.1, 0.15) is 6.42 Å². The maximum absolute atomic E-state index is 8.53. The summed E-state index contributed by atoms with van der Waals surface area (Å²) in [6.45, 7) is 0.801. The van der Waals surface area contributed by atoms with Crippen LogP contribution < -0.4 is 0 Å². The minimum atomic E-state index is 0.0556. The van der Waals surface area contributed by atoms with Gasteiger partial charge in [-0.3, -0.25) is 0 Å². The fraction of sp³-hybridized carbons (Fsp3) is 0.667. The van der Waals surface area contributed by atoms with Crippen molar-refractivity contribution in [3.05, 3.63) is 12.2 Å². The quantitative estimate of drug-likeness (QED) is 0.497. The van der Waals surface area contributed by atoms with Crippen LogP contribution in [0.4, 0.5) is 0 Å². The Hall–Kier alpha value is -0.340. The summed E-state index contributed by atoms with van der Waals surface area (Å²) in [4.78, 5) is 0. The maximum atomic E-state index is 8.53. The molecule has 46 valence electrons. The monoisotopic (exact) mass is 114 g/mol. The molecule has 1 N–H and O–H groups in total. The van der Waals surface area contributed by atoms with Gasteiger partial charge in [-0.15, -0.1) is 0 Å². The van der Waals surface area contributed by atoms with E-state index in [2.05, 4.69) is 0 Å². The first-order chi connectivity index (χ1) is 3.93. The Morgan fingerprint density at radius 1 is 1.62 bits per heavy atom. The van der Waals surface area contributed by atoms with Gasteiger partial charge in [0.15, 0.2) is 0 Å². The molecular formula is C6H10O2. The first-order valence-electron chi connectivity index (χ1n) is 2.81. The lowest BCUT2D eigenvalue weighted by molar-refractivity contribution is 0.0240. The van der Waals surface area contributed by atoms with E-state index in [4.69, 9.17) is 9.84 Å². The Labute approximate surface area is 48.8 Å². The second kappa shape index (κ2) is 2.84. The van der Waals surface area contributed by atoms with Gasteiger partial charge in [-0.25, -0.2) is 0 Å². The fourth-order valence-electron chi connectivity index (χ4n) is 0.703. The van der Waals surface area contributed by atoms with Crippen LogP contribution in [0.2, 0.25) is 0 Å². The van der Waals surface area contributed by atoms with Gasteiger partial charge in [0.25, 0.3) is 0 Å². The fourth-order valence-corrected chi connectivity index (χ4v) is 0.703. The van der Waals surface area contributed by atoms with Gasteiger partial charge in [0, 0.05) is 0 Å². The highest BCUT2D eigenvalue weighted by molar-refractivity contribution is 4.88. The SMILES string of the molecule is OC[C@H]1CC=CCO1. The maximum Gasteiger partial charge on any atom is 0.0844 e. The molecule has 0 aromatic heterocycles. The molecule has 1 aliphatic heterocycles. The molecule has 0 amide bonds. The van der Waals surface area contributed by atoms with E-state index in [1.54, 1.807) is 0 Å². The second-order valence-corrected chi connectivity index (χ2v) is 1.85. The molecule has 0 spiro atoms. The highest BCUT2D eigenvalue weighted by atomic mass is 16.5. The number of rotatable bonds is 1. The summed E-state index contributed by atoms with van der Waals surface area (Å²) in [6.07, 6.45) is 4.91. The zero-order valence-corrected chi connectivity index (χ0v) is 4.71. The molecule has 0 saturated carbocycles. The Balaban J connectivity index is 2.27. The van der Waals surface area contributed by atoms with Crippen LogP contribution in [-0.4, -0.2) is 24.4 Å². The summed E-state index contributed by atoms with van der Waals surface area (Å²) < 4.78 is 5.09. The number of ether oxygens (including phenoxy) is 1. The third-order valence-corrected chi connectivity index (χ3v) is 1.20. The van der Waals surface area contributed by atoms with Gasteiger partial charge in [-0.1, -0.05) is 12.2 Å². The van der Waals surface area contributed by atoms with Crippen LogP contribution in [0.15, 0.2) is 12.2 Å². The molecule has 1 rings (SSSR count). The van der Waals surface area contributed by atoms with E-state index in [1.165, 1.54) is 0 Å². The molecule has 8 heavy (non-hydrogen) atoms. The highest BCUT2D eigenvalue weighted by Gasteiger charge is 2.06. The molecule has 1 atom stereocenters. The van der Waals surface area contributed by atoms with Gasteiger partial charge in [0.1, 0.15) is 0 Å². The van der Waals surface area contributed by atoms with Gasteiger partial charge >= 0.3 is 0 Å². The van der Waals surface area contributed by atoms with Gasteiger partial charge in [-0.2, -0.15) is 0 Å². The molecule has 2 heteroatoms. The lowest BCUT2D eigenvalue weighted by atomic mass is 10.2. The van der Waals surface area contributed by atoms with Gasteiger partial charge < -0.3 is 9.84 Å². The van der Waals surface area contributed by atoms with Gasteiger partial charge in [0.05, 0.1) is 19.3 Å². The summed E-state index contributed by atoms with van der Waals surface area (Å²) in [5.41, 5.74) is 0. The highest BCUT2D eigenvalue weighted by Crippen LogP contribution is 2.03. The molecular weight excluding hydrogens is 104 g/mol. The van der Waals surface area contributed by atoms with Gasteiger partial charge in [-0.05, 0) is 6.42 Å². The number of hydrogen-bond acceptors (Lipinski definition) is 2. The Morgan fingerprint density at radius 3 is 2.88 bits per heavy atom. The predicted octanol–water partition coefficient (Wildman–Crippen LogP) is 0.324. The summed E-state index contributed by atoms with van der Waals surface area (Å²) >= 11 is 0. The van der Waals surface area contributed by atoms with Crippen LogP contribution in [0.5, 0.6) is 0 Å². The molecule has 2 nitrogen and oxygen atoms in total. The molecule has 1 aliphatic rings. The average Bonchev–Trinajstić information content (AvgIpc) is 1.90. The van der Waals surface area contributed by atoms with Crippen LogP contribution in [-0.2, 0) is 4.74 Å². The van der Waals surface area contributed by atoms with Crippen molar-refractivity contribution >= 4 is 0 Å². The Morgan fingerprint density at radius 2 is 2.50 bits per heavy atom. The molecule has 1 heterocycles. The van der Waals surface area contributed by atoms with Crippen LogP contribution >= 0.6 is 0 Å². The second-order valence-electron chi connectivity index (χ2n) is 1.85. The van der Waals surface area contributed by atoms with Crippen molar-refractivity contribution in [1.82, 2.24) is 0 Å². The molecule has 0 fully saturated rings. The average molecular weight is 114 g/mol. The zero-order chi connectivity index (χ0) is 5.82. The van der Waals surface area contributed by atoms with Crippen molar-refractivity contribution in [2.24, 2.45) is 0 Å². The first-order valence-corrected chi connectivity index (χ1v) is 2.81. The molecule has 0 unspecified atom stereocenters. The standard InChI is InChI=1S/C6H10O2/c7-5-6-3-1-2-4-8-6/h1-2,6-7H,3-5H2/t6-/m1/s1. The van der Waals surface area contributed by atoms with Crippen molar-refractivity contribution in [3.8, 4) is 0 Å². The van der Waals surface area contributed by atoms with E-state index in [0.717, 1.165) is 6.42 Å². The van der Waals surface area contributed by atoms with E-state index in [-0.39, 0.29) is 12.7 Å². The summed E-state index contributed by atoms with van der Waals surface area (Å²) in [5, 5.41) is 8.53. The van der Waals surface area contributed by atoms with Crippen molar-refractivity contribution < 1.29 is 9.84 Å². The summed E-state index contributed by atoms with van der Waals surface area (Å²) in [7, 11) is 0. The van der Waals surface area contributed by atoms with E-state index in [1.807, 2.05) is 12.2 Å². The number of hydrogen-bond donors (Lipinski definition) is 1. The zero-order valence-electron chi connectivity index (χ0n) is 4.71. The largest absolute Gasteiger partial charge is 0.394 e. The topological polar surface area (TPSA) is 29.5 Å². The minimum absolute atomic E-state index is 0.0556. The number of aliphatic hydroxyl groups excluding tert-OH is 1. The molecule has 0 aromatic rings. The molecule has 0 bridgehead atoms. The van der Waals surface area contributed by atoms with Crippen molar-refractivity contribution in [2.75, 3.05) is 13.2 Å². The third kappa shape index (κ3) is 1.32. The van der Waals surface area contributed by atoms with Crippen molar-refractivity contribution in [3.63, 3.8) is 0 Å². The van der Waals surface area contributed by atoms with E-state index < -0.39 is 0 Å². The third-order valence-electron chi connectivity index (χ3n) is 1.20. The number of aliphatic hydroxyl groups is 1. The first kappa shape index (κ1) is 5.79. The summed E-state index contributed by atoms with van der Waals surface area (Å²) in [6, 6.07) is 0. The molecule has 0 saturated heterocycles. The van der Waals surface area contributed by atoms with Crippen molar-refractivity contribution in [1.29, 1.82) is 0 Å². The van der Waals surface area contributed by atoms with Crippen LogP contribution in [0.25, 0.3) is 0 Å². The summed E-state index contributed by atoms with van der Waals surface area (Å²) in [5.74, 6) is 0. The van der Waals surface area contributed by atoms with Crippen LogP contribution in [0, 0.1) is 0 Å². The van der Waals surface area contributed by atoms with E-state index >= 15 is 0 Å². The lowest BCUT2D eigenvalue weighted by Crippen LogP contribution is -2.19. The van der Waals surface area contributed by atoms with E-state index in [0.29, 0.717) is 6.61 Å². The normalized spacial score (nSPS) is 28.4. The van der Waals surface area contributed by atoms with Crippen molar-refractivity contribution in [2.45, 2.75) is 12.5 Å². The molecule has 0 aliphatic carbocycles. The minimum Gasteiger partial charge on any atom is -0.394 e. The smallest absolute Gasteiger partial charge is 0.0844 e. The van der Waals surface area contributed by atoms with E-state index in [9.17, 15) is 0 Å². The molecule has 0 radical (unpaired) electrons. The van der Waals surface area contributed by atoms with Gasteiger partial charge in [0.2, 0.25) is 0 Å². The predicted molar refractivity (Wildman–Crippen MR) is 30.6 cm³/mol. The Kier molecular flexibility index (Phi) is 2.06. The van der Waals surface area contributed by atoms with Crippen LogP contribution in [0.3, 0.4) is 0 Å². The Bertz CT molecular complexity index is 88.5. The lowest BCUT2D eigenvalue weighted by Gasteiger charge is -2.14.